The number of nitro groups is 2. The molecule has 3 rings (SSSR count). The molecule has 0 heterocycles. The van der Waals surface area contributed by atoms with Gasteiger partial charge in [0.2, 0.25) is 0 Å². The normalized spacial score (nSPS) is 11.6. The summed E-state index contributed by atoms with van der Waals surface area (Å²) in [5.74, 6) is 0. The van der Waals surface area contributed by atoms with E-state index in [4.69, 9.17) is 0 Å². The van der Waals surface area contributed by atoms with Crippen LogP contribution in [0.25, 0.3) is 0 Å². The van der Waals surface area contributed by atoms with E-state index in [-0.39, 0.29) is 22.5 Å². The molecule has 3 aromatic rings. The molecule has 0 atom stereocenters. The first-order chi connectivity index (χ1) is 15.8. The Hall–Kier alpha value is -4.04. The molecule has 0 aliphatic carbocycles. The van der Waals surface area contributed by atoms with Crippen molar-refractivity contribution in [1.82, 2.24) is 0 Å². The van der Waals surface area contributed by atoms with Gasteiger partial charge in [-0.2, -0.15) is 0 Å². The van der Waals surface area contributed by atoms with Crippen molar-refractivity contribution >= 4 is 42.8 Å². The van der Waals surface area contributed by atoms with Gasteiger partial charge < -0.3 is 0 Å². The lowest BCUT2D eigenvalue weighted by Gasteiger charge is -2.15. The molecule has 178 valence electrons. The number of hydrogen-bond acceptors (Lipinski definition) is 8. The van der Waals surface area contributed by atoms with E-state index in [0.29, 0.717) is 0 Å². The van der Waals surface area contributed by atoms with Crippen LogP contribution in [0.3, 0.4) is 0 Å². The second-order valence-corrected chi connectivity index (χ2v) is 10.5. The van der Waals surface area contributed by atoms with Gasteiger partial charge in [-0.15, -0.1) is 0 Å². The zero-order valence-electron chi connectivity index (χ0n) is 17.8. The van der Waals surface area contributed by atoms with Gasteiger partial charge in [-0.25, -0.2) is 16.8 Å². The fourth-order valence-electron chi connectivity index (χ4n) is 2.97. The summed E-state index contributed by atoms with van der Waals surface area (Å²) in [4.78, 5) is 20.1. The van der Waals surface area contributed by atoms with Gasteiger partial charge in [0, 0.05) is 23.3 Å². The highest BCUT2D eigenvalue weighted by molar-refractivity contribution is 7.93. The van der Waals surface area contributed by atoms with Crippen LogP contribution in [-0.4, -0.2) is 26.7 Å². The van der Waals surface area contributed by atoms with Crippen LogP contribution in [-0.2, 0) is 20.0 Å². The van der Waals surface area contributed by atoms with E-state index in [9.17, 15) is 37.1 Å². The third kappa shape index (κ3) is 5.13. The van der Waals surface area contributed by atoms with Crippen LogP contribution in [0.4, 0.5) is 22.7 Å². The Morgan fingerprint density at radius 3 is 1.32 bits per heavy atom. The van der Waals surface area contributed by atoms with Crippen molar-refractivity contribution in [1.29, 1.82) is 0 Å². The summed E-state index contributed by atoms with van der Waals surface area (Å²) < 4.78 is 55.8. The first kappa shape index (κ1) is 24.6. The molecule has 0 amide bonds. The molecule has 12 nitrogen and oxygen atoms in total. The fraction of sp³-hybridized carbons (Fsp3) is 0.100. The smallest absolute Gasteiger partial charge is 0.273 e. The van der Waals surface area contributed by atoms with Crippen molar-refractivity contribution in [2.45, 2.75) is 23.6 Å². The third-order valence-corrected chi connectivity index (χ3v) is 7.52. The van der Waals surface area contributed by atoms with Gasteiger partial charge in [-0.3, -0.25) is 29.7 Å². The highest BCUT2D eigenvalue weighted by Gasteiger charge is 2.24. The molecule has 0 saturated carbocycles. The van der Waals surface area contributed by atoms with Crippen LogP contribution in [0.5, 0.6) is 0 Å². The average molecular weight is 507 g/mol. The Morgan fingerprint density at radius 1 is 0.647 bits per heavy atom. The minimum Gasteiger partial charge on any atom is -0.277 e. The fourth-order valence-corrected chi connectivity index (χ4v) is 5.17. The standard InChI is InChI=1S/C20H18N4O8S2/c1-13-7-9-15(11-19(13)23(25)26)33(29,30)21-17-5-3-4-6-18(17)22-34(31,32)16-10-8-14(2)20(12-16)24(27)28/h3-12,21-22H,1-2H3. The largest absolute Gasteiger partial charge is 0.277 e. The monoisotopic (exact) mass is 506 g/mol. The number of benzene rings is 3. The van der Waals surface area contributed by atoms with Crippen LogP contribution < -0.4 is 9.44 Å². The number of anilines is 2. The number of aryl methyl sites for hydroxylation is 2. The summed E-state index contributed by atoms with van der Waals surface area (Å²) in [5.41, 5.74) is -0.559. The zero-order chi connectivity index (χ0) is 25.3. The minimum atomic E-state index is -4.33. The zero-order valence-corrected chi connectivity index (χ0v) is 19.4. The minimum absolute atomic E-state index is 0.157. The molecule has 0 fully saturated rings. The molecule has 0 unspecified atom stereocenters. The third-order valence-electron chi connectivity index (χ3n) is 4.79. The maximum absolute atomic E-state index is 12.8. The molecule has 2 N–H and O–H groups in total. The Bertz CT molecular complexity index is 1400. The number of para-hydroxylation sites is 2. The van der Waals surface area contributed by atoms with Gasteiger partial charge >= 0.3 is 0 Å². The first-order valence-electron chi connectivity index (χ1n) is 9.46. The predicted octanol–water partition coefficient (Wildman–Crippen LogP) is 3.72. The van der Waals surface area contributed by atoms with E-state index in [2.05, 4.69) is 9.44 Å². The second-order valence-electron chi connectivity index (χ2n) is 7.17. The summed E-state index contributed by atoms with van der Waals surface area (Å²) >= 11 is 0. The molecular weight excluding hydrogens is 488 g/mol. The van der Waals surface area contributed by atoms with Crippen molar-refractivity contribution < 1.29 is 26.7 Å². The highest BCUT2D eigenvalue weighted by atomic mass is 32.2. The number of hydrogen-bond donors (Lipinski definition) is 2. The Labute approximate surface area is 194 Å². The maximum atomic E-state index is 12.8. The van der Waals surface area contributed by atoms with Crippen molar-refractivity contribution in [3.8, 4) is 0 Å². The molecular formula is C20H18N4O8S2. The molecule has 0 saturated heterocycles. The summed E-state index contributed by atoms with van der Waals surface area (Å²) in [6.07, 6.45) is 0. The molecule has 0 aliphatic heterocycles. The lowest BCUT2D eigenvalue weighted by molar-refractivity contribution is -0.385. The van der Waals surface area contributed by atoms with Gasteiger partial charge in [0.05, 0.1) is 31.0 Å². The summed E-state index contributed by atoms with van der Waals surface area (Å²) in [7, 11) is -8.66. The number of nitrogens with one attached hydrogen (secondary N) is 2. The topological polar surface area (TPSA) is 179 Å². The molecule has 0 bridgehead atoms. The van der Waals surface area contributed by atoms with Crippen LogP contribution in [0.1, 0.15) is 11.1 Å². The molecule has 3 aromatic carbocycles. The van der Waals surface area contributed by atoms with E-state index in [0.717, 1.165) is 12.1 Å². The Kier molecular flexibility index (Phi) is 6.56. The lowest BCUT2D eigenvalue weighted by atomic mass is 10.2. The van der Waals surface area contributed by atoms with E-state index >= 15 is 0 Å². The van der Waals surface area contributed by atoms with Gasteiger partial charge in [0.25, 0.3) is 31.4 Å². The van der Waals surface area contributed by atoms with E-state index in [1.54, 1.807) is 0 Å². The number of rotatable bonds is 8. The Balaban J connectivity index is 1.97. The van der Waals surface area contributed by atoms with Gasteiger partial charge in [0.1, 0.15) is 0 Å². The van der Waals surface area contributed by atoms with Gasteiger partial charge in [-0.1, -0.05) is 24.3 Å². The van der Waals surface area contributed by atoms with E-state index in [1.807, 2.05) is 0 Å². The maximum Gasteiger partial charge on any atom is 0.273 e. The van der Waals surface area contributed by atoms with Crippen molar-refractivity contribution in [3.63, 3.8) is 0 Å². The summed E-state index contributed by atoms with van der Waals surface area (Å²) in [6, 6.07) is 12.2. The second kappa shape index (κ2) is 9.07. The average Bonchev–Trinajstić information content (AvgIpc) is 2.74. The Morgan fingerprint density at radius 2 is 1.00 bits per heavy atom. The van der Waals surface area contributed by atoms with E-state index < -0.39 is 51.1 Å². The predicted molar refractivity (Wildman–Crippen MR) is 124 cm³/mol. The lowest BCUT2D eigenvalue weighted by Crippen LogP contribution is -2.18. The quantitative estimate of drug-likeness (QED) is 0.343. The molecule has 0 spiro atoms. The van der Waals surface area contributed by atoms with Gasteiger partial charge in [0.15, 0.2) is 0 Å². The summed E-state index contributed by atoms with van der Waals surface area (Å²) in [5, 5.41) is 22.3. The number of nitro benzene ring substituents is 2. The molecule has 0 radical (unpaired) electrons. The number of nitrogens with zero attached hydrogens (tertiary/aromatic N) is 2. The van der Waals surface area contributed by atoms with Gasteiger partial charge in [-0.05, 0) is 38.1 Å². The SMILES string of the molecule is Cc1ccc(S(=O)(=O)Nc2ccccc2NS(=O)(=O)c2ccc(C)c([N+](=O)[O-])c2)cc1[N+](=O)[O-]. The van der Waals surface area contributed by atoms with E-state index in [1.165, 1.54) is 62.4 Å². The molecule has 34 heavy (non-hydrogen) atoms. The van der Waals surface area contributed by atoms with Crippen molar-refractivity contribution in [3.05, 3.63) is 92.0 Å². The van der Waals surface area contributed by atoms with Crippen molar-refractivity contribution in [2.24, 2.45) is 0 Å². The van der Waals surface area contributed by atoms with Crippen LogP contribution in [0, 0.1) is 34.1 Å². The molecule has 0 aromatic heterocycles. The first-order valence-corrected chi connectivity index (χ1v) is 12.4. The van der Waals surface area contributed by atoms with Crippen molar-refractivity contribution in [2.75, 3.05) is 9.44 Å². The molecule has 14 heteroatoms. The molecule has 0 aliphatic rings. The highest BCUT2D eigenvalue weighted by Crippen LogP contribution is 2.30. The van der Waals surface area contributed by atoms with Crippen LogP contribution >= 0.6 is 0 Å². The summed E-state index contributed by atoms with van der Waals surface area (Å²) in [6.45, 7) is 2.92. The van der Waals surface area contributed by atoms with Crippen LogP contribution in [0.15, 0.2) is 70.5 Å². The number of sulfonamides is 2. The van der Waals surface area contributed by atoms with Crippen LogP contribution in [0.2, 0.25) is 0 Å².